The Labute approximate surface area is 83.9 Å². The van der Waals surface area contributed by atoms with E-state index in [0.717, 1.165) is 13.2 Å². The summed E-state index contributed by atoms with van der Waals surface area (Å²) in [6, 6.07) is 0. The lowest BCUT2D eigenvalue weighted by atomic mass is 10.2. The molecule has 0 aliphatic heterocycles. The van der Waals surface area contributed by atoms with Crippen LogP contribution in [-0.4, -0.2) is 21.8 Å². The van der Waals surface area contributed by atoms with Crippen LogP contribution in [0.4, 0.5) is 0 Å². The molecule has 0 atom stereocenters. The zero-order valence-electron chi connectivity index (χ0n) is 9.56. The molecule has 0 N–H and O–H groups in total. The summed E-state index contributed by atoms with van der Waals surface area (Å²) in [6.45, 7) is 10.1. The van der Waals surface area contributed by atoms with Crippen LogP contribution in [0.2, 0.25) is 13.1 Å². The van der Waals surface area contributed by atoms with E-state index in [0.29, 0.717) is 0 Å². The molecule has 0 saturated carbocycles. The summed E-state index contributed by atoms with van der Waals surface area (Å²) in [5.74, 6) is 0. The fourth-order valence-electron chi connectivity index (χ4n) is 1.24. The van der Waals surface area contributed by atoms with Gasteiger partial charge in [-0.25, -0.2) is 0 Å². The molecule has 0 aromatic rings. The van der Waals surface area contributed by atoms with Gasteiger partial charge < -0.3 is 8.85 Å². The molecule has 0 radical (unpaired) electrons. The number of hydrogen-bond donors (Lipinski definition) is 0. The largest absolute Gasteiger partial charge is 0.395 e. The molecule has 0 heterocycles. The molecule has 0 aliphatic rings. The normalized spacial score (nSPS) is 12.0. The lowest BCUT2D eigenvalue weighted by Crippen LogP contribution is -2.35. The molecule has 13 heavy (non-hydrogen) atoms. The second kappa shape index (κ2) is 7.53. The van der Waals surface area contributed by atoms with Crippen molar-refractivity contribution < 1.29 is 8.85 Å². The van der Waals surface area contributed by atoms with Crippen molar-refractivity contribution in [3.63, 3.8) is 0 Å². The maximum Gasteiger partial charge on any atom is 0.331 e. The minimum Gasteiger partial charge on any atom is -0.395 e. The molecule has 0 amide bonds. The zero-order chi connectivity index (χ0) is 10.2. The topological polar surface area (TPSA) is 18.5 Å². The molecule has 3 heteroatoms. The van der Waals surface area contributed by atoms with Crippen LogP contribution in [0, 0.1) is 0 Å². The van der Waals surface area contributed by atoms with Gasteiger partial charge in [-0.15, -0.1) is 0 Å². The quantitative estimate of drug-likeness (QED) is 0.446. The van der Waals surface area contributed by atoms with E-state index in [1.807, 2.05) is 6.92 Å². The van der Waals surface area contributed by atoms with Crippen molar-refractivity contribution in [1.29, 1.82) is 0 Å². The maximum absolute atomic E-state index is 5.73. The zero-order valence-corrected chi connectivity index (χ0v) is 10.6. The van der Waals surface area contributed by atoms with Gasteiger partial charge in [0.2, 0.25) is 0 Å². The number of hydrogen-bond acceptors (Lipinski definition) is 2. The summed E-state index contributed by atoms with van der Waals surface area (Å²) < 4.78 is 11.3. The molecule has 80 valence electrons. The molecular formula is C10H24O2Si. The average Bonchev–Trinajstić information content (AvgIpc) is 2.04. The summed E-state index contributed by atoms with van der Waals surface area (Å²) in [6.07, 6.45) is 5.07. The monoisotopic (exact) mass is 204 g/mol. The Hall–Kier alpha value is 0.137. The van der Waals surface area contributed by atoms with E-state index < -0.39 is 8.56 Å². The summed E-state index contributed by atoms with van der Waals surface area (Å²) in [5, 5.41) is 0. The first-order valence-corrected chi connectivity index (χ1v) is 8.22. The van der Waals surface area contributed by atoms with E-state index >= 15 is 0 Å². The van der Waals surface area contributed by atoms with Gasteiger partial charge in [-0.3, -0.25) is 0 Å². The third kappa shape index (κ3) is 8.47. The summed E-state index contributed by atoms with van der Waals surface area (Å²) in [5.41, 5.74) is 0. The molecule has 0 bridgehead atoms. The molecule has 0 aromatic heterocycles. The van der Waals surface area contributed by atoms with Gasteiger partial charge in [0.05, 0.1) is 0 Å². The molecule has 0 unspecified atom stereocenters. The van der Waals surface area contributed by atoms with Crippen molar-refractivity contribution in [2.45, 2.75) is 52.6 Å². The van der Waals surface area contributed by atoms with E-state index in [4.69, 9.17) is 8.85 Å². The highest BCUT2D eigenvalue weighted by atomic mass is 28.4. The first kappa shape index (κ1) is 13.1. The van der Waals surface area contributed by atoms with Crippen molar-refractivity contribution in [3.8, 4) is 0 Å². The lowest BCUT2D eigenvalue weighted by Gasteiger charge is -2.21. The maximum atomic E-state index is 5.73. The molecule has 0 rings (SSSR count). The predicted molar refractivity (Wildman–Crippen MR) is 59.2 cm³/mol. The molecule has 0 saturated heterocycles. The number of rotatable bonds is 8. The first-order chi connectivity index (χ1) is 6.12. The molecule has 0 aliphatic carbocycles. The van der Waals surface area contributed by atoms with Crippen molar-refractivity contribution in [3.05, 3.63) is 0 Å². The highest BCUT2D eigenvalue weighted by Gasteiger charge is 2.22. The fourth-order valence-corrected chi connectivity index (χ4v) is 2.65. The SMILES string of the molecule is CCCCCCO[Si](C)(C)OCC. The third-order valence-corrected chi connectivity index (χ3v) is 3.82. The Morgan fingerprint density at radius 2 is 1.62 bits per heavy atom. The van der Waals surface area contributed by atoms with Crippen LogP contribution in [0.5, 0.6) is 0 Å². The minimum atomic E-state index is -1.76. The number of unbranched alkanes of at least 4 members (excludes halogenated alkanes) is 3. The van der Waals surface area contributed by atoms with Gasteiger partial charge >= 0.3 is 8.56 Å². The van der Waals surface area contributed by atoms with Gasteiger partial charge in [-0.1, -0.05) is 26.2 Å². The molecule has 0 aromatic carbocycles. The first-order valence-electron chi connectivity index (χ1n) is 5.40. The van der Waals surface area contributed by atoms with Gasteiger partial charge in [0.1, 0.15) is 0 Å². The van der Waals surface area contributed by atoms with Crippen LogP contribution >= 0.6 is 0 Å². The second-order valence-electron chi connectivity index (χ2n) is 3.74. The van der Waals surface area contributed by atoms with Gasteiger partial charge in [0.25, 0.3) is 0 Å². The molecule has 2 nitrogen and oxygen atoms in total. The average molecular weight is 204 g/mol. The van der Waals surface area contributed by atoms with Crippen LogP contribution in [0.3, 0.4) is 0 Å². The second-order valence-corrected chi connectivity index (χ2v) is 7.12. The Kier molecular flexibility index (Phi) is 7.61. The highest BCUT2D eigenvalue weighted by Crippen LogP contribution is 2.08. The standard InChI is InChI=1S/C10H24O2Si/c1-5-7-8-9-10-12-13(3,4)11-6-2/h5-10H2,1-4H3. The van der Waals surface area contributed by atoms with E-state index in [9.17, 15) is 0 Å². The summed E-state index contributed by atoms with van der Waals surface area (Å²) >= 11 is 0. The third-order valence-electron chi connectivity index (χ3n) is 1.94. The van der Waals surface area contributed by atoms with Gasteiger partial charge in [0, 0.05) is 13.2 Å². The lowest BCUT2D eigenvalue weighted by molar-refractivity contribution is 0.183. The predicted octanol–water partition coefficient (Wildman–Crippen LogP) is 3.32. The van der Waals surface area contributed by atoms with Crippen LogP contribution in [0.25, 0.3) is 0 Å². The van der Waals surface area contributed by atoms with Crippen molar-refractivity contribution in [2.75, 3.05) is 13.2 Å². The minimum absolute atomic E-state index is 0.772. The van der Waals surface area contributed by atoms with Crippen LogP contribution in [0.1, 0.15) is 39.5 Å². The van der Waals surface area contributed by atoms with Gasteiger partial charge in [-0.2, -0.15) is 0 Å². The van der Waals surface area contributed by atoms with Crippen LogP contribution < -0.4 is 0 Å². The smallest absolute Gasteiger partial charge is 0.331 e. The van der Waals surface area contributed by atoms with E-state index in [1.165, 1.54) is 25.7 Å². The van der Waals surface area contributed by atoms with Crippen molar-refractivity contribution in [2.24, 2.45) is 0 Å². The van der Waals surface area contributed by atoms with Gasteiger partial charge in [-0.05, 0) is 26.4 Å². The highest BCUT2D eigenvalue weighted by molar-refractivity contribution is 6.64. The summed E-state index contributed by atoms with van der Waals surface area (Å²) in [4.78, 5) is 0. The van der Waals surface area contributed by atoms with Crippen LogP contribution in [0.15, 0.2) is 0 Å². The van der Waals surface area contributed by atoms with E-state index in [1.54, 1.807) is 0 Å². The van der Waals surface area contributed by atoms with Gasteiger partial charge in [0.15, 0.2) is 0 Å². The Morgan fingerprint density at radius 3 is 2.15 bits per heavy atom. The Bertz CT molecular complexity index is 115. The molecular weight excluding hydrogens is 180 g/mol. The molecule has 0 fully saturated rings. The van der Waals surface area contributed by atoms with E-state index in [-0.39, 0.29) is 0 Å². The Balaban J connectivity index is 3.29. The molecule has 0 spiro atoms. The van der Waals surface area contributed by atoms with Crippen molar-refractivity contribution in [1.82, 2.24) is 0 Å². The van der Waals surface area contributed by atoms with Crippen LogP contribution in [-0.2, 0) is 8.85 Å². The summed E-state index contributed by atoms with van der Waals surface area (Å²) in [7, 11) is -1.76. The van der Waals surface area contributed by atoms with E-state index in [2.05, 4.69) is 20.0 Å². The van der Waals surface area contributed by atoms with Crippen molar-refractivity contribution >= 4 is 8.56 Å². The Morgan fingerprint density at radius 1 is 0.923 bits per heavy atom. The fraction of sp³-hybridized carbons (Fsp3) is 1.00.